The van der Waals surface area contributed by atoms with Gasteiger partial charge in [-0.05, 0) is 18.4 Å². The number of fused-ring (bicyclic) bond motifs is 1. The van der Waals surface area contributed by atoms with Crippen LogP contribution in [0.1, 0.15) is 12.1 Å². The second-order valence-electron chi connectivity index (χ2n) is 5.41. The fraction of sp³-hybridized carbons (Fsp3) is 0.400. The van der Waals surface area contributed by atoms with Crippen LogP contribution in [0.5, 0.6) is 0 Å². The maximum Gasteiger partial charge on any atom is 0.189 e. The summed E-state index contributed by atoms with van der Waals surface area (Å²) in [7, 11) is 0. The van der Waals surface area contributed by atoms with Gasteiger partial charge in [0.15, 0.2) is 5.11 Å². The minimum absolute atomic E-state index is 0.360. The molecule has 0 spiro atoms. The Hall–Kier alpha value is -2.22. The molecule has 0 saturated carbocycles. The first-order valence-electron chi connectivity index (χ1n) is 7.55. The predicted molar refractivity (Wildman–Crippen MR) is 92.9 cm³/mol. The van der Waals surface area contributed by atoms with Crippen LogP contribution in [0.2, 0.25) is 0 Å². The van der Waals surface area contributed by atoms with Gasteiger partial charge in [-0.25, -0.2) is 9.37 Å². The van der Waals surface area contributed by atoms with E-state index in [2.05, 4.69) is 37.2 Å². The molecule has 0 atom stereocenters. The molecule has 3 heterocycles. The third-order valence-corrected chi connectivity index (χ3v) is 4.30. The van der Waals surface area contributed by atoms with E-state index in [1.807, 2.05) is 6.20 Å². The number of anilines is 1. The quantitative estimate of drug-likeness (QED) is 0.629. The molecule has 2 N–H and O–H groups in total. The van der Waals surface area contributed by atoms with Crippen LogP contribution >= 0.6 is 12.2 Å². The van der Waals surface area contributed by atoms with Crippen molar-refractivity contribution in [3.63, 3.8) is 0 Å². The lowest BCUT2D eigenvalue weighted by Gasteiger charge is -2.35. The smallest absolute Gasteiger partial charge is 0.189 e. The van der Waals surface area contributed by atoms with Crippen LogP contribution in [-0.2, 0) is 0 Å². The van der Waals surface area contributed by atoms with Crippen LogP contribution in [0.3, 0.4) is 0 Å². The number of thiocarbonyl (C=S) groups is 1. The molecule has 122 valence electrons. The molecular formula is C15H19FN6S. The molecule has 1 fully saturated rings. The molecule has 0 aliphatic carbocycles. The third-order valence-electron chi connectivity index (χ3n) is 3.95. The van der Waals surface area contributed by atoms with Crippen molar-refractivity contribution in [2.75, 3.05) is 38.0 Å². The Bertz CT molecular complexity index is 639. The maximum absolute atomic E-state index is 13.2. The summed E-state index contributed by atoms with van der Waals surface area (Å²) in [6.45, 7) is 7.95. The SMILES string of the molecule is C=CN1CCN(C(=S)N/N=C2/CCNc3cc(F)cnc32)CC1. The van der Waals surface area contributed by atoms with Crippen molar-refractivity contribution in [3.8, 4) is 0 Å². The summed E-state index contributed by atoms with van der Waals surface area (Å²) in [6, 6.07) is 1.43. The molecule has 1 aromatic heterocycles. The lowest BCUT2D eigenvalue weighted by atomic mass is 10.1. The highest BCUT2D eigenvalue weighted by atomic mass is 32.1. The third kappa shape index (κ3) is 3.58. The van der Waals surface area contributed by atoms with Crippen molar-refractivity contribution in [3.05, 3.63) is 36.6 Å². The lowest BCUT2D eigenvalue weighted by Crippen LogP contribution is -2.49. The standard InChI is InChI=1S/C15H19FN6S/c1-2-21-5-7-22(8-6-21)15(23)20-19-12-3-4-17-13-9-11(16)10-18-14(12)13/h2,9-10,17H,1,3-8H2,(H,20,23)/b19-12-. The van der Waals surface area contributed by atoms with Gasteiger partial charge in [0, 0.05) is 45.2 Å². The molecule has 1 aromatic rings. The largest absolute Gasteiger partial charge is 0.383 e. The van der Waals surface area contributed by atoms with Gasteiger partial charge in [-0.3, -0.25) is 5.43 Å². The van der Waals surface area contributed by atoms with Gasteiger partial charge in [0.2, 0.25) is 0 Å². The number of rotatable bonds is 2. The van der Waals surface area contributed by atoms with Crippen molar-refractivity contribution in [2.24, 2.45) is 5.10 Å². The van der Waals surface area contributed by atoms with Crippen LogP contribution in [-0.4, -0.2) is 58.3 Å². The van der Waals surface area contributed by atoms with Gasteiger partial charge < -0.3 is 15.1 Å². The molecule has 0 aromatic carbocycles. The van der Waals surface area contributed by atoms with Gasteiger partial charge in [0.05, 0.1) is 17.6 Å². The number of hydrazone groups is 1. The van der Waals surface area contributed by atoms with E-state index < -0.39 is 0 Å². The molecule has 2 aliphatic heterocycles. The Morgan fingerprint density at radius 3 is 2.96 bits per heavy atom. The summed E-state index contributed by atoms with van der Waals surface area (Å²) in [6.07, 6.45) is 3.77. The minimum atomic E-state index is -0.360. The van der Waals surface area contributed by atoms with Gasteiger partial charge in [0.1, 0.15) is 11.5 Å². The van der Waals surface area contributed by atoms with Crippen molar-refractivity contribution in [1.82, 2.24) is 20.2 Å². The van der Waals surface area contributed by atoms with Crippen LogP contribution < -0.4 is 10.7 Å². The highest BCUT2D eigenvalue weighted by Crippen LogP contribution is 2.20. The fourth-order valence-corrected chi connectivity index (χ4v) is 2.87. The summed E-state index contributed by atoms with van der Waals surface area (Å²) in [4.78, 5) is 8.37. The molecule has 0 bridgehead atoms. The zero-order valence-corrected chi connectivity index (χ0v) is 13.6. The van der Waals surface area contributed by atoms with Crippen LogP contribution in [0, 0.1) is 5.82 Å². The van der Waals surface area contributed by atoms with E-state index in [0.717, 1.165) is 31.9 Å². The molecule has 0 radical (unpaired) electrons. The monoisotopic (exact) mass is 334 g/mol. The van der Waals surface area contributed by atoms with Gasteiger partial charge in [-0.2, -0.15) is 5.10 Å². The molecule has 1 saturated heterocycles. The Balaban J connectivity index is 1.65. The summed E-state index contributed by atoms with van der Waals surface area (Å²) in [5.74, 6) is -0.360. The predicted octanol–water partition coefficient (Wildman–Crippen LogP) is 1.38. The molecule has 3 rings (SSSR count). The molecule has 23 heavy (non-hydrogen) atoms. The van der Waals surface area contributed by atoms with E-state index in [1.54, 1.807) is 0 Å². The summed E-state index contributed by atoms with van der Waals surface area (Å²) in [5.41, 5.74) is 5.07. The number of piperazine rings is 1. The fourth-order valence-electron chi connectivity index (χ4n) is 2.64. The first-order chi connectivity index (χ1) is 11.2. The average Bonchev–Trinajstić information content (AvgIpc) is 2.59. The highest BCUT2D eigenvalue weighted by Gasteiger charge is 2.19. The van der Waals surface area contributed by atoms with Gasteiger partial charge in [-0.1, -0.05) is 6.58 Å². The lowest BCUT2D eigenvalue weighted by molar-refractivity contribution is 0.236. The van der Waals surface area contributed by atoms with Crippen LogP contribution in [0.25, 0.3) is 0 Å². The number of aromatic nitrogens is 1. The molecule has 0 amide bonds. The van der Waals surface area contributed by atoms with Crippen molar-refractivity contribution in [1.29, 1.82) is 0 Å². The number of pyridine rings is 1. The molecule has 2 aliphatic rings. The topological polar surface area (TPSA) is 55.8 Å². The van der Waals surface area contributed by atoms with Crippen LogP contribution in [0.4, 0.5) is 10.1 Å². The average molecular weight is 334 g/mol. The molecule has 6 nitrogen and oxygen atoms in total. The zero-order chi connectivity index (χ0) is 16.2. The van der Waals surface area contributed by atoms with Crippen molar-refractivity contribution in [2.45, 2.75) is 6.42 Å². The van der Waals surface area contributed by atoms with Crippen LogP contribution in [0.15, 0.2) is 30.1 Å². The number of hydrogen-bond donors (Lipinski definition) is 2. The minimum Gasteiger partial charge on any atom is -0.383 e. The van der Waals surface area contributed by atoms with E-state index >= 15 is 0 Å². The van der Waals surface area contributed by atoms with Crippen molar-refractivity contribution < 1.29 is 4.39 Å². The van der Waals surface area contributed by atoms with Crippen molar-refractivity contribution >= 4 is 28.7 Å². The molecular weight excluding hydrogens is 315 g/mol. The molecule has 0 unspecified atom stereocenters. The van der Waals surface area contributed by atoms with E-state index in [0.29, 0.717) is 29.5 Å². The summed E-state index contributed by atoms with van der Waals surface area (Å²) < 4.78 is 13.2. The Morgan fingerprint density at radius 2 is 2.22 bits per heavy atom. The Labute approximate surface area is 140 Å². The normalized spacial score (nSPS) is 19.1. The second-order valence-corrected chi connectivity index (χ2v) is 5.79. The zero-order valence-electron chi connectivity index (χ0n) is 12.8. The first kappa shape index (κ1) is 15.7. The maximum atomic E-state index is 13.2. The Kier molecular flexibility index (Phi) is 4.71. The number of nitrogens with one attached hydrogen (secondary N) is 2. The van der Waals surface area contributed by atoms with Gasteiger partial charge in [0.25, 0.3) is 0 Å². The van der Waals surface area contributed by atoms with E-state index in [4.69, 9.17) is 12.2 Å². The first-order valence-corrected chi connectivity index (χ1v) is 7.96. The van der Waals surface area contributed by atoms with E-state index in [1.165, 1.54) is 12.3 Å². The number of nitrogens with zero attached hydrogens (tertiary/aromatic N) is 4. The van der Waals surface area contributed by atoms with Gasteiger partial charge in [-0.15, -0.1) is 0 Å². The Morgan fingerprint density at radius 1 is 1.43 bits per heavy atom. The molecule has 8 heteroatoms. The highest BCUT2D eigenvalue weighted by molar-refractivity contribution is 7.80. The second kappa shape index (κ2) is 6.91. The number of halogens is 1. The van der Waals surface area contributed by atoms with E-state index in [9.17, 15) is 4.39 Å². The summed E-state index contributed by atoms with van der Waals surface area (Å²) in [5, 5.41) is 8.12. The summed E-state index contributed by atoms with van der Waals surface area (Å²) >= 11 is 5.40. The number of hydrogen-bond acceptors (Lipinski definition) is 5. The van der Waals surface area contributed by atoms with Gasteiger partial charge >= 0.3 is 0 Å². The van der Waals surface area contributed by atoms with E-state index in [-0.39, 0.29) is 5.82 Å².